The molecule has 0 aromatic heterocycles. The topological polar surface area (TPSA) is 270 Å². The van der Waals surface area contributed by atoms with Crippen LogP contribution in [-0.2, 0) is 80.8 Å². The van der Waals surface area contributed by atoms with Crippen LogP contribution in [0.5, 0.6) is 0 Å². The van der Waals surface area contributed by atoms with Crippen molar-refractivity contribution in [3.8, 4) is 0 Å². The Morgan fingerprint density at radius 2 is 0.640 bits per heavy atom. The maximum Gasteiger partial charge on any atom is 0.317 e. The van der Waals surface area contributed by atoms with E-state index in [1.54, 1.807) is 14.7 Å². The second-order valence-electron chi connectivity index (χ2n) is 17.9. The van der Waals surface area contributed by atoms with Crippen LogP contribution < -0.4 is 0 Å². The van der Waals surface area contributed by atoms with Crippen molar-refractivity contribution in [3.63, 3.8) is 0 Å². The molecule has 0 amide bonds. The van der Waals surface area contributed by atoms with Gasteiger partial charge in [0.1, 0.15) is 11.9 Å². The molecule has 0 bridgehead atoms. The van der Waals surface area contributed by atoms with Crippen LogP contribution in [0.15, 0.2) is 12.2 Å². The van der Waals surface area contributed by atoms with Gasteiger partial charge in [0.05, 0.1) is 158 Å². The molecule has 1 saturated heterocycles. The summed E-state index contributed by atoms with van der Waals surface area (Å²) in [7, 11) is 0. The first kappa shape index (κ1) is 67.8. The van der Waals surface area contributed by atoms with E-state index in [0.717, 1.165) is 32.1 Å². The van der Waals surface area contributed by atoms with Crippen LogP contribution in [0.3, 0.4) is 0 Å². The summed E-state index contributed by atoms with van der Waals surface area (Å²) < 4.78 is 66.5. The number of carboxylic acids is 3. The van der Waals surface area contributed by atoms with Crippen molar-refractivity contribution in [2.45, 2.75) is 63.9 Å². The number of carboxylic acid groups (broad SMARTS) is 3. The Balaban J connectivity index is 1.29. The molecule has 2 rings (SSSR count). The first-order valence-corrected chi connectivity index (χ1v) is 26.9. The quantitative estimate of drug-likeness (QED) is 0.0439. The molecule has 1 aliphatic heterocycles. The van der Waals surface area contributed by atoms with E-state index in [-0.39, 0.29) is 44.0 Å². The number of hydrogen-bond donors (Lipinski definition) is 3. The zero-order chi connectivity index (χ0) is 54.1. The third-order valence-electron chi connectivity index (χ3n) is 11.6. The van der Waals surface area contributed by atoms with Gasteiger partial charge in [-0.05, 0) is 44.9 Å². The van der Waals surface area contributed by atoms with Crippen LogP contribution in [0, 0.1) is 0 Å². The Kier molecular flexibility index (Phi) is 44.3. The normalized spacial score (nSPS) is 17.4. The average molecular weight is 1080 g/mol. The predicted octanol–water partition coefficient (Wildman–Crippen LogP) is 1.21. The Hall–Kier alpha value is -3.31. The van der Waals surface area contributed by atoms with E-state index < -0.39 is 17.9 Å². The molecular weight excluding hydrogens is 989 g/mol. The van der Waals surface area contributed by atoms with Gasteiger partial charge < -0.3 is 72.2 Å². The minimum Gasteiger partial charge on any atom is -0.480 e. The third kappa shape index (κ3) is 44.4. The van der Waals surface area contributed by atoms with Gasteiger partial charge in [-0.2, -0.15) is 0 Å². The second kappa shape index (κ2) is 49.0. The Morgan fingerprint density at radius 1 is 0.360 bits per heavy atom. The number of allylic oxidation sites excluding steroid dienone is 2. The zero-order valence-corrected chi connectivity index (χ0v) is 44.7. The number of rotatable bonds is 47. The van der Waals surface area contributed by atoms with Crippen molar-refractivity contribution in [3.05, 3.63) is 12.2 Å². The molecule has 0 spiro atoms. The summed E-state index contributed by atoms with van der Waals surface area (Å²) in [6, 6.07) is 0. The number of carbonyl (C=O) groups excluding carboxylic acids is 2. The van der Waals surface area contributed by atoms with E-state index in [2.05, 4.69) is 12.2 Å². The molecule has 1 aliphatic carbocycles. The maximum absolute atomic E-state index is 12.9. The molecular formula is C51H92N4O20. The summed E-state index contributed by atoms with van der Waals surface area (Å²) in [6.07, 6.45) is 11.2. The summed E-state index contributed by atoms with van der Waals surface area (Å²) in [6.45, 7) is 12.0. The van der Waals surface area contributed by atoms with E-state index in [1.807, 2.05) is 4.90 Å². The molecule has 0 aromatic rings. The lowest BCUT2D eigenvalue weighted by atomic mass is 10.0. The standard InChI is InChI=1S/C51H92N4O20/c56-46(42-52-12-14-53(43-48(57)58)16-18-55(45-50(61)62)19-17-54(15-13-52)44-49(59)60)8-6-20-64-22-24-66-26-28-68-30-32-70-34-36-72-38-40-74-41-39-73-37-35-71-33-31-69-29-27-67-25-23-65-21-7-11-51(63)75-47-9-4-2-1-3-5-10-47/h1-2,47H,3-45H2,(H,57,58)(H,59,60)(H,61,62)/b2-1+. The molecule has 2 aliphatic rings. The molecule has 436 valence electrons. The van der Waals surface area contributed by atoms with Crippen molar-refractivity contribution >= 4 is 29.7 Å². The first-order valence-electron chi connectivity index (χ1n) is 26.9. The Morgan fingerprint density at radius 3 is 0.960 bits per heavy atom. The van der Waals surface area contributed by atoms with Crippen LogP contribution in [0.1, 0.15) is 57.8 Å². The predicted molar refractivity (Wildman–Crippen MR) is 273 cm³/mol. The summed E-state index contributed by atoms with van der Waals surface area (Å²) in [5.41, 5.74) is 0. The van der Waals surface area contributed by atoms with Crippen LogP contribution in [0.2, 0.25) is 0 Å². The molecule has 75 heavy (non-hydrogen) atoms. The van der Waals surface area contributed by atoms with E-state index in [1.165, 1.54) is 0 Å². The molecule has 1 heterocycles. The number of carbonyl (C=O) groups is 5. The lowest BCUT2D eigenvalue weighted by Gasteiger charge is -2.32. The van der Waals surface area contributed by atoms with E-state index in [0.29, 0.717) is 223 Å². The highest BCUT2D eigenvalue weighted by Gasteiger charge is 2.21. The Bertz CT molecular complexity index is 1440. The monoisotopic (exact) mass is 1080 g/mol. The van der Waals surface area contributed by atoms with Gasteiger partial charge in [-0.3, -0.25) is 43.6 Å². The van der Waals surface area contributed by atoms with Gasteiger partial charge in [-0.15, -0.1) is 0 Å². The molecule has 1 unspecified atom stereocenters. The van der Waals surface area contributed by atoms with Crippen molar-refractivity contribution < 1.29 is 96.1 Å². The van der Waals surface area contributed by atoms with Gasteiger partial charge >= 0.3 is 23.9 Å². The SMILES string of the molecule is O=C(O)CN1CCN(CC(=O)O)CCN(CC(=O)CCCOCCOCCOCCOCCOCCOCCOCCOCCOCCOCCOCCCC(=O)OC2CC/C=C/CCC2)CCN(CC(=O)O)CC1. The van der Waals surface area contributed by atoms with Gasteiger partial charge in [0.15, 0.2) is 0 Å². The highest BCUT2D eigenvalue weighted by Crippen LogP contribution is 2.16. The summed E-state index contributed by atoms with van der Waals surface area (Å²) in [5, 5.41) is 28.2. The fourth-order valence-electron chi connectivity index (χ4n) is 7.59. The van der Waals surface area contributed by atoms with E-state index in [4.69, 9.17) is 56.8 Å². The summed E-state index contributed by atoms with van der Waals surface area (Å²) in [4.78, 5) is 66.5. The lowest BCUT2D eigenvalue weighted by molar-refractivity contribution is -0.150. The van der Waals surface area contributed by atoms with Crippen LogP contribution in [0.25, 0.3) is 0 Å². The van der Waals surface area contributed by atoms with Crippen molar-refractivity contribution in [1.29, 1.82) is 0 Å². The smallest absolute Gasteiger partial charge is 0.317 e. The molecule has 24 nitrogen and oxygen atoms in total. The van der Waals surface area contributed by atoms with Crippen molar-refractivity contribution in [1.82, 2.24) is 19.6 Å². The van der Waals surface area contributed by atoms with Crippen LogP contribution >= 0.6 is 0 Å². The molecule has 3 N–H and O–H groups in total. The number of hydrogen-bond acceptors (Lipinski definition) is 21. The van der Waals surface area contributed by atoms with Crippen LogP contribution in [-0.4, -0.2) is 295 Å². The second-order valence-corrected chi connectivity index (χ2v) is 17.9. The Labute approximate surface area is 444 Å². The number of Topliss-reactive ketones (excluding diaryl/α,β-unsaturated/α-hetero) is 1. The van der Waals surface area contributed by atoms with Gasteiger partial charge in [0.25, 0.3) is 0 Å². The number of ketones is 1. The summed E-state index contributed by atoms with van der Waals surface area (Å²) >= 11 is 0. The minimum atomic E-state index is -1.02. The minimum absolute atomic E-state index is 0.000555. The van der Waals surface area contributed by atoms with Crippen molar-refractivity contribution in [2.24, 2.45) is 0 Å². The number of aliphatic carboxylic acids is 3. The largest absolute Gasteiger partial charge is 0.480 e. The molecule has 0 saturated carbocycles. The average Bonchev–Trinajstić information content (AvgIpc) is 3.36. The van der Waals surface area contributed by atoms with Crippen LogP contribution in [0.4, 0.5) is 0 Å². The van der Waals surface area contributed by atoms with Crippen molar-refractivity contribution in [2.75, 3.05) is 224 Å². The molecule has 0 radical (unpaired) electrons. The third-order valence-corrected chi connectivity index (χ3v) is 11.6. The maximum atomic E-state index is 12.9. The molecule has 0 aromatic carbocycles. The summed E-state index contributed by atoms with van der Waals surface area (Å²) in [5.74, 6) is -3.16. The zero-order valence-electron chi connectivity index (χ0n) is 44.7. The van der Waals surface area contributed by atoms with Gasteiger partial charge in [-0.1, -0.05) is 12.2 Å². The lowest BCUT2D eigenvalue weighted by Crippen LogP contribution is -2.49. The number of esters is 1. The van der Waals surface area contributed by atoms with Gasteiger partial charge in [-0.25, -0.2) is 0 Å². The highest BCUT2D eigenvalue weighted by atomic mass is 16.6. The molecule has 24 heteroatoms. The van der Waals surface area contributed by atoms with Gasteiger partial charge in [0, 0.05) is 78.4 Å². The fraction of sp³-hybridized carbons (Fsp3) is 0.863. The van der Waals surface area contributed by atoms with E-state index >= 15 is 0 Å². The highest BCUT2D eigenvalue weighted by molar-refractivity contribution is 5.80. The molecule has 1 atom stereocenters. The fourth-order valence-corrected chi connectivity index (χ4v) is 7.59. The number of nitrogens with zero attached hydrogens (tertiary/aromatic N) is 4. The number of ether oxygens (including phenoxy) is 12. The van der Waals surface area contributed by atoms with Gasteiger partial charge in [0.2, 0.25) is 0 Å². The molecule has 1 fully saturated rings. The first-order chi connectivity index (χ1) is 36.6. The van der Waals surface area contributed by atoms with E-state index in [9.17, 15) is 39.3 Å².